The topological polar surface area (TPSA) is 49.4 Å². The highest BCUT2D eigenvalue weighted by Gasteiger charge is 2.43. The van der Waals surface area contributed by atoms with Crippen molar-refractivity contribution in [3.8, 4) is 0 Å². The molecule has 0 aromatic carbocycles. The van der Waals surface area contributed by atoms with Crippen molar-refractivity contribution in [1.29, 1.82) is 0 Å². The largest absolute Gasteiger partial charge is 0.325 e. The standard InChI is InChI=1S/C9H14N2O2/c1-4-5-6-11-7(12)9(2,3)10-8(11)13/h4-5H,6H2,1-3H3,(H,10,13)/b5-4+. The van der Waals surface area contributed by atoms with Gasteiger partial charge in [0.1, 0.15) is 5.54 Å². The van der Waals surface area contributed by atoms with E-state index in [0.29, 0.717) is 6.54 Å². The molecule has 1 rings (SSSR count). The van der Waals surface area contributed by atoms with Crippen LogP contribution in [-0.4, -0.2) is 28.9 Å². The first-order chi connectivity index (χ1) is 5.99. The molecule has 1 fully saturated rings. The van der Waals surface area contributed by atoms with Gasteiger partial charge in [-0.3, -0.25) is 9.69 Å². The highest BCUT2D eigenvalue weighted by Crippen LogP contribution is 2.15. The zero-order valence-electron chi connectivity index (χ0n) is 8.13. The first kappa shape index (κ1) is 9.77. The minimum atomic E-state index is -0.751. The smallest absolute Gasteiger partial charge is 0.324 e. The predicted molar refractivity (Wildman–Crippen MR) is 49.1 cm³/mol. The number of hydrogen-bond acceptors (Lipinski definition) is 2. The van der Waals surface area contributed by atoms with Crippen molar-refractivity contribution >= 4 is 11.9 Å². The Morgan fingerprint density at radius 1 is 1.46 bits per heavy atom. The molecule has 0 saturated carbocycles. The summed E-state index contributed by atoms with van der Waals surface area (Å²) >= 11 is 0. The number of carbonyl (C=O) groups excluding carboxylic acids is 2. The van der Waals surface area contributed by atoms with Crippen LogP contribution in [0.5, 0.6) is 0 Å². The van der Waals surface area contributed by atoms with E-state index in [-0.39, 0.29) is 11.9 Å². The third kappa shape index (κ3) is 1.71. The summed E-state index contributed by atoms with van der Waals surface area (Å²) in [5.41, 5.74) is -0.751. The van der Waals surface area contributed by atoms with Crippen molar-refractivity contribution in [2.75, 3.05) is 6.54 Å². The number of amides is 3. The van der Waals surface area contributed by atoms with Gasteiger partial charge in [0.2, 0.25) is 0 Å². The summed E-state index contributed by atoms with van der Waals surface area (Å²) in [6.45, 7) is 5.60. The summed E-state index contributed by atoms with van der Waals surface area (Å²) in [4.78, 5) is 24.0. The van der Waals surface area contributed by atoms with Crippen LogP contribution in [0.2, 0.25) is 0 Å². The fourth-order valence-corrected chi connectivity index (χ4v) is 1.19. The highest BCUT2D eigenvalue weighted by molar-refractivity contribution is 6.06. The molecule has 0 atom stereocenters. The zero-order valence-corrected chi connectivity index (χ0v) is 8.13. The number of allylic oxidation sites excluding steroid dienone is 1. The maximum Gasteiger partial charge on any atom is 0.325 e. The van der Waals surface area contributed by atoms with Gasteiger partial charge in [-0.05, 0) is 20.8 Å². The molecule has 1 aliphatic heterocycles. The van der Waals surface area contributed by atoms with Crippen LogP contribution < -0.4 is 5.32 Å². The molecule has 72 valence electrons. The predicted octanol–water partition coefficient (Wildman–Crippen LogP) is 0.893. The van der Waals surface area contributed by atoms with Crippen molar-refractivity contribution in [3.63, 3.8) is 0 Å². The molecule has 0 bridgehead atoms. The van der Waals surface area contributed by atoms with Gasteiger partial charge in [0.05, 0.1) is 0 Å². The van der Waals surface area contributed by atoms with Gasteiger partial charge in [-0.25, -0.2) is 4.79 Å². The quantitative estimate of drug-likeness (QED) is 0.509. The van der Waals surface area contributed by atoms with Crippen molar-refractivity contribution in [2.45, 2.75) is 26.3 Å². The maximum atomic E-state index is 11.6. The number of nitrogens with one attached hydrogen (secondary N) is 1. The highest BCUT2D eigenvalue weighted by atomic mass is 16.2. The molecule has 4 nitrogen and oxygen atoms in total. The lowest BCUT2D eigenvalue weighted by atomic mass is 10.1. The minimum absolute atomic E-state index is 0.171. The summed E-state index contributed by atoms with van der Waals surface area (Å²) in [6.07, 6.45) is 3.59. The first-order valence-electron chi connectivity index (χ1n) is 4.24. The van der Waals surface area contributed by atoms with E-state index >= 15 is 0 Å². The maximum absolute atomic E-state index is 11.6. The van der Waals surface area contributed by atoms with Crippen molar-refractivity contribution in [2.24, 2.45) is 0 Å². The summed E-state index contributed by atoms with van der Waals surface area (Å²) in [7, 11) is 0. The Labute approximate surface area is 77.6 Å². The first-order valence-corrected chi connectivity index (χ1v) is 4.24. The lowest BCUT2D eigenvalue weighted by Gasteiger charge is -2.14. The second-order valence-electron chi connectivity index (χ2n) is 3.54. The molecule has 3 amide bonds. The Balaban J connectivity index is 2.77. The average molecular weight is 182 g/mol. The fourth-order valence-electron chi connectivity index (χ4n) is 1.19. The van der Waals surface area contributed by atoms with Crippen LogP contribution in [0, 0.1) is 0 Å². The molecular weight excluding hydrogens is 168 g/mol. The van der Waals surface area contributed by atoms with Crippen LogP contribution in [0.15, 0.2) is 12.2 Å². The van der Waals surface area contributed by atoms with Gasteiger partial charge in [0.25, 0.3) is 5.91 Å². The van der Waals surface area contributed by atoms with Crippen molar-refractivity contribution < 1.29 is 9.59 Å². The van der Waals surface area contributed by atoms with Crippen LogP contribution in [0.1, 0.15) is 20.8 Å². The number of carbonyl (C=O) groups is 2. The second-order valence-corrected chi connectivity index (χ2v) is 3.54. The zero-order chi connectivity index (χ0) is 10.1. The Morgan fingerprint density at radius 3 is 2.46 bits per heavy atom. The Morgan fingerprint density at radius 2 is 2.08 bits per heavy atom. The SMILES string of the molecule is C/C=C/CN1C(=O)NC(C)(C)C1=O. The Bertz CT molecular complexity index is 269. The van der Waals surface area contributed by atoms with Crippen molar-refractivity contribution in [3.05, 3.63) is 12.2 Å². The lowest BCUT2D eigenvalue weighted by Crippen LogP contribution is -2.40. The van der Waals surface area contributed by atoms with Gasteiger partial charge in [0.15, 0.2) is 0 Å². The molecule has 1 saturated heterocycles. The molecule has 13 heavy (non-hydrogen) atoms. The summed E-state index contributed by atoms with van der Waals surface area (Å²) in [5, 5.41) is 2.61. The van der Waals surface area contributed by atoms with Gasteiger partial charge in [0, 0.05) is 6.54 Å². The number of hydrogen-bond donors (Lipinski definition) is 1. The molecule has 0 aromatic heterocycles. The van der Waals surface area contributed by atoms with Gasteiger partial charge >= 0.3 is 6.03 Å². The van der Waals surface area contributed by atoms with Crippen LogP contribution in [0.3, 0.4) is 0 Å². The number of urea groups is 1. The third-order valence-corrected chi connectivity index (χ3v) is 1.97. The fraction of sp³-hybridized carbons (Fsp3) is 0.556. The van der Waals surface area contributed by atoms with E-state index in [0.717, 1.165) is 0 Å². The lowest BCUT2D eigenvalue weighted by molar-refractivity contribution is -0.129. The summed E-state index contributed by atoms with van der Waals surface area (Å²) in [6, 6.07) is -0.312. The second kappa shape index (κ2) is 3.20. The van der Waals surface area contributed by atoms with Crippen LogP contribution in [-0.2, 0) is 4.79 Å². The molecule has 0 unspecified atom stereocenters. The van der Waals surface area contributed by atoms with Crippen LogP contribution in [0.25, 0.3) is 0 Å². The van der Waals surface area contributed by atoms with Crippen molar-refractivity contribution in [1.82, 2.24) is 10.2 Å². The molecule has 0 radical (unpaired) electrons. The molecule has 4 heteroatoms. The van der Waals surface area contributed by atoms with E-state index in [1.807, 2.05) is 13.0 Å². The Hall–Kier alpha value is -1.32. The monoisotopic (exact) mass is 182 g/mol. The molecular formula is C9H14N2O2. The number of imide groups is 1. The van der Waals surface area contributed by atoms with E-state index in [4.69, 9.17) is 0 Å². The minimum Gasteiger partial charge on any atom is -0.324 e. The van der Waals surface area contributed by atoms with E-state index in [1.54, 1.807) is 19.9 Å². The number of rotatable bonds is 2. The van der Waals surface area contributed by atoms with E-state index < -0.39 is 5.54 Å². The normalized spacial score (nSPS) is 21.3. The van der Waals surface area contributed by atoms with Crippen LogP contribution in [0.4, 0.5) is 4.79 Å². The molecule has 1 heterocycles. The summed E-state index contributed by atoms with van der Waals surface area (Å²) in [5.74, 6) is -0.171. The Kier molecular flexibility index (Phi) is 2.40. The molecule has 0 aliphatic carbocycles. The van der Waals surface area contributed by atoms with E-state index in [1.165, 1.54) is 4.90 Å². The molecule has 0 spiro atoms. The van der Waals surface area contributed by atoms with Gasteiger partial charge in [-0.15, -0.1) is 0 Å². The van der Waals surface area contributed by atoms with Crippen LogP contribution >= 0.6 is 0 Å². The van der Waals surface area contributed by atoms with E-state index in [2.05, 4.69) is 5.32 Å². The summed E-state index contributed by atoms with van der Waals surface area (Å²) < 4.78 is 0. The molecule has 0 aromatic rings. The third-order valence-electron chi connectivity index (χ3n) is 1.97. The van der Waals surface area contributed by atoms with Gasteiger partial charge < -0.3 is 5.32 Å². The number of nitrogens with zero attached hydrogens (tertiary/aromatic N) is 1. The van der Waals surface area contributed by atoms with E-state index in [9.17, 15) is 9.59 Å². The molecule has 1 aliphatic rings. The van der Waals surface area contributed by atoms with Gasteiger partial charge in [-0.2, -0.15) is 0 Å². The molecule has 1 N–H and O–H groups in total. The average Bonchev–Trinajstić information content (AvgIpc) is 2.21. The van der Waals surface area contributed by atoms with Gasteiger partial charge in [-0.1, -0.05) is 12.2 Å².